The molecule has 0 aromatic rings. The number of piperidine rings is 1. The van der Waals surface area contributed by atoms with Gasteiger partial charge in [0, 0.05) is 6.54 Å². The molecule has 3 heteroatoms. The smallest absolute Gasteiger partial charge is 0.311 e. The number of nitrogens with one attached hydrogen (secondary N) is 1. The van der Waals surface area contributed by atoms with Crippen LogP contribution in [0.25, 0.3) is 0 Å². The van der Waals surface area contributed by atoms with E-state index in [-0.39, 0.29) is 0 Å². The molecule has 0 aromatic carbocycles. The van der Waals surface area contributed by atoms with E-state index in [0.29, 0.717) is 12.5 Å². The lowest BCUT2D eigenvalue weighted by Gasteiger charge is -2.01. The van der Waals surface area contributed by atoms with E-state index in [4.69, 9.17) is 5.11 Å². The van der Waals surface area contributed by atoms with E-state index in [2.05, 4.69) is 5.32 Å². The van der Waals surface area contributed by atoms with Crippen molar-refractivity contribution in [3.05, 3.63) is 6.42 Å². The zero-order valence-corrected chi connectivity index (χ0v) is 4.92. The maximum Gasteiger partial charge on any atom is 0.311 e. The number of carbonyl (C=O) groups is 1. The quantitative estimate of drug-likeness (QED) is 0.497. The van der Waals surface area contributed by atoms with Gasteiger partial charge < -0.3 is 10.4 Å². The third-order valence-corrected chi connectivity index (χ3v) is 2.23. The summed E-state index contributed by atoms with van der Waals surface area (Å²) < 4.78 is 0. The molecule has 1 aliphatic carbocycles. The van der Waals surface area contributed by atoms with Crippen LogP contribution in [0.2, 0.25) is 0 Å². The summed E-state index contributed by atoms with van der Waals surface area (Å²) in [7, 11) is 0. The second-order valence-corrected chi connectivity index (χ2v) is 2.75. The van der Waals surface area contributed by atoms with Crippen molar-refractivity contribution in [1.29, 1.82) is 0 Å². The van der Waals surface area contributed by atoms with Gasteiger partial charge in [-0.1, -0.05) is 0 Å². The molecule has 2 rings (SSSR count). The number of fused-ring (bicyclic) bond motifs is 1. The summed E-state index contributed by atoms with van der Waals surface area (Å²) in [6, 6.07) is 0. The monoisotopic (exact) mass is 126 g/mol. The lowest BCUT2D eigenvalue weighted by atomic mass is 10.1. The fourth-order valence-electron chi connectivity index (χ4n) is 1.48. The van der Waals surface area contributed by atoms with Crippen LogP contribution in [0.5, 0.6) is 0 Å². The average Bonchev–Trinajstić information content (AvgIpc) is 2.38. The number of hydrogen-bond donors (Lipinski definition) is 2. The van der Waals surface area contributed by atoms with Crippen molar-refractivity contribution < 1.29 is 9.90 Å². The largest absolute Gasteiger partial charge is 0.481 e. The molecule has 9 heavy (non-hydrogen) atoms. The summed E-state index contributed by atoms with van der Waals surface area (Å²) >= 11 is 0. The molecule has 0 bridgehead atoms. The summed E-state index contributed by atoms with van der Waals surface area (Å²) in [5, 5.41) is 11.7. The van der Waals surface area contributed by atoms with E-state index < -0.39 is 11.4 Å². The first kappa shape index (κ1) is 5.23. The Hall–Kier alpha value is -0.570. The van der Waals surface area contributed by atoms with Crippen molar-refractivity contribution in [2.24, 2.45) is 11.3 Å². The molecule has 0 aromatic heterocycles. The molecule has 3 nitrogen and oxygen atoms in total. The van der Waals surface area contributed by atoms with Crippen LogP contribution in [-0.2, 0) is 4.79 Å². The first-order valence-corrected chi connectivity index (χ1v) is 3.06. The number of carboxylic acids is 1. The molecule has 1 heterocycles. The molecule has 0 spiro atoms. The summed E-state index contributed by atoms with van der Waals surface area (Å²) in [5.74, 6) is -0.354. The summed E-state index contributed by atoms with van der Waals surface area (Å²) in [4.78, 5) is 10.5. The molecular formula is C6H8NO2. The van der Waals surface area contributed by atoms with Gasteiger partial charge in [0.2, 0.25) is 0 Å². The highest BCUT2D eigenvalue weighted by Gasteiger charge is 2.63. The zero-order valence-electron chi connectivity index (χ0n) is 4.92. The normalized spacial score (nSPS) is 46.4. The van der Waals surface area contributed by atoms with E-state index in [0.717, 1.165) is 6.54 Å². The van der Waals surface area contributed by atoms with Gasteiger partial charge in [0.1, 0.15) is 0 Å². The lowest BCUT2D eigenvalue weighted by Crippen LogP contribution is -2.23. The van der Waals surface area contributed by atoms with Crippen molar-refractivity contribution in [2.75, 3.05) is 13.1 Å². The zero-order chi connectivity index (χ0) is 6.48. The van der Waals surface area contributed by atoms with Crippen LogP contribution in [0.4, 0.5) is 0 Å². The van der Waals surface area contributed by atoms with Crippen LogP contribution in [0.15, 0.2) is 0 Å². The standard InChI is InChI=1S/C6H8NO2/c8-5(9)6-1-4(6)2-7-3-6/h1,4,7H,2-3H2,(H,8,9). The molecular weight excluding hydrogens is 118 g/mol. The fourth-order valence-corrected chi connectivity index (χ4v) is 1.48. The highest BCUT2D eigenvalue weighted by Crippen LogP contribution is 2.53. The van der Waals surface area contributed by atoms with Gasteiger partial charge >= 0.3 is 5.97 Å². The van der Waals surface area contributed by atoms with E-state index >= 15 is 0 Å². The van der Waals surface area contributed by atoms with Gasteiger partial charge in [0.25, 0.3) is 0 Å². The third kappa shape index (κ3) is 0.477. The Morgan fingerprint density at radius 1 is 1.89 bits per heavy atom. The minimum absolute atomic E-state index is 0.315. The van der Waals surface area contributed by atoms with E-state index in [1.54, 1.807) is 0 Å². The first-order valence-electron chi connectivity index (χ1n) is 3.06. The van der Waals surface area contributed by atoms with Crippen LogP contribution in [0.3, 0.4) is 0 Å². The molecule has 1 aliphatic heterocycles. The van der Waals surface area contributed by atoms with Crippen molar-refractivity contribution in [3.8, 4) is 0 Å². The summed E-state index contributed by atoms with van der Waals surface area (Å²) in [5.41, 5.74) is -0.458. The number of carboxylic acid groups (broad SMARTS) is 1. The lowest BCUT2D eigenvalue weighted by molar-refractivity contribution is -0.142. The van der Waals surface area contributed by atoms with Gasteiger partial charge in [-0.2, -0.15) is 0 Å². The molecule has 1 radical (unpaired) electrons. The topological polar surface area (TPSA) is 49.3 Å². The Kier molecular flexibility index (Phi) is 0.750. The Bertz CT molecular complexity index is 168. The molecule has 2 aliphatic rings. The van der Waals surface area contributed by atoms with Gasteiger partial charge in [-0.25, -0.2) is 0 Å². The molecule has 2 N–H and O–H groups in total. The highest BCUT2D eigenvalue weighted by atomic mass is 16.4. The first-order chi connectivity index (χ1) is 4.26. The Morgan fingerprint density at radius 3 is 2.89 bits per heavy atom. The molecule has 1 saturated heterocycles. The van der Waals surface area contributed by atoms with Crippen molar-refractivity contribution >= 4 is 5.97 Å². The van der Waals surface area contributed by atoms with Gasteiger partial charge in [0.05, 0.1) is 5.41 Å². The van der Waals surface area contributed by atoms with Gasteiger partial charge in [-0.3, -0.25) is 4.79 Å². The van der Waals surface area contributed by atoms with E-state index in [9.17, 15) is 4.79 Å². The maximum absolute atomic E-state index is 10.5. The minimum Gasteiger partial charge on any atom is -0.481 e. The molecule has 49 valence electrons. The molecule has 2 atom stereocenters. The summed E-state index contributed by atoms with van der Waals surface area (Å²) in [6.07, 6.45) is 1.91. The predicted octanol–water partition coefficient (Wildman–Crippen LogP) is -0.505. The van der Waals surface area contributed by atoms with Gasteiger partial charge in [-0.05, 0) is 18.9 Å². The SMILES string of the molecule is O=C(O)C12[CH]C1CNC2. The van der Waals surface area contributed by atoms with Crippen molar-refractivity contribution in [2.45, 2.75) is 0 Å². The Morgan fingerprint density at radius 2 is 2.67 bits per heavy atom. The second-order valence-electron chi connectivity index (χ2n) is 2.75. The number of aliphatic carboxylic acids is 1. The number of rotatable bonds is 1. The Balaban J connectivity index is 2.19. The van der Waals surface area contributed by atoms with Crippen LogP contribution in [0, 0.1) is 17.8 Å². The van der Waals surface area contributed by atoms with Crippen LogP contribution in [-0.4, -0.2) is 24.2 Å². The van der Waals surface area contributed by atoms with E-state index in [1.165, 1.54) is 0 Å². The maximum atomic E-state index is 10.5. The minimum atomic E-state index is -0.669. The van der Waals surface area contributed by atoms with Crippen LogP contribution >= 0.6 is 0 Å². The summed E-state index contributed by atoms with van der Waals surface area (Å²) in [6.45, 7) is 1.49. The fraction of sp³-hybridized carbons (Fsp3) is 0.667. The van der Waals surface area contributed by atoms with Crippen LogP contribution in [0.1, 0.15) is 0 Å². The van der Waals surface area contributed by atoms with Crippen molar-refractivity contribution in [1.82, 2.24) is 5.32 Å². The highest BCUT2D eigenvalue weighted by molar-refractivity contribution is 5.83. The molecule has 2 unspecified atom stereocenters. The third-order valence-electron chi connectivity index (χ3n) is 2.23. The van der Waals surface area contributed by atoms with Crippen LogP contribution < -0.4 is 5.32 Å². The van der Waals surface area contributed by atoms with E-state index in [1.807, 2.05) is 6.42 Å². The number of hydrogen-bond acceptors (Lipinski definition) is 2. The van der Waals surface area contributed by atoms with Gasteiger partial charge in [-0.15, -0.1) is 0 Å². The molecule has 2 fully saturated rings. The molecule has 0 amide bonds. The van der Waals surface area contributed by atoms with Crippen molar-refractivity contribution in [3.63, 3.8) is 0 Å². The average molecular weight is 126 g/mol. The Labute approximate surface area is 53.1 Å². The molecule has 1 saturated carbocycles. The predicted molar refractivity (Wildman–Crippen MR) is 30.7 cm³/mol. The van der Waals surface area contributed by atoms with Gasteiger partial charge in [0.15, 0.2) is 0 Å². The second kappa shape index (κ2) is 1.29.